The Morgan fingerprint density at radius 1 is 0.879 bits per heavy atom. The molecule has 5 atom stereocenters. The number of benzene rings is 2. The van der Waals surface area contributed by atoms with E-state index in [1.807, 2.05) is 0 Å². The predicted octanol–water partition coefficient (Wildman–Crippen LogP) is -0.336. The highest BCUT2D eigenvalue weighted by Crippen LogP contribution is 2.39. The molecule has 1 saturated heterocycles. The molecule has 178 valence electrons. The Labute approximate surface area is 185 Å². The summed E-state index contributed by atoms with van der Waals surface area (Å²) in [4.78, 5) is 13.2. The molecular weight excluding hydrogens is 444 g/mol. The van der Waals surface area contributed by atoms with Gasteiger partial charge < -0.3 is 55.1 Å². The van der Waals surface area contributed by atoms with Gasteiger partial charge in [-0.3, -0.25) is 4.79 Å². The number of phenols is 4. The van der Waals surface area contributed by atoms with E-state index in [9.17, 15) is 40.5 Å². The van der Waals surface area contributed by atoms with Crippen LogP contribution in [-0.4, -0.2) is 71.9 Å². The van der Waals surface area contributed by atoms with Crippen LogP contribution in [0.15, 0.2) is 39.5 Å². The molecule has 1 fully saturated rings. The number of ether oxygens (including phenoxy) is 2. The first-order valence-electron chi connectivity index (χ1n) is 9.50. The van der Waals surface area contributed by atoms with Gasteiger partial charge in [0.15, 0.2) is 17.3 Å². The van der Waals surface area contributed by atoms with Gasteiger partial charge in [0.05, 0.1) is 6.10 Å². The van der Waals surface area contributed by atoms with Crippen LogP contribution in [0.1, 0.15) is 6.92 Å². The van der Waals surface area contributed by atoms with Crippen molar-refractivity contribution in [1.29, 1.82) is 0 Å². The first-order chi connectivity index (χ1) is 15.1. The number of aromatic hydroxyl groups is 4. The number of hydrogen-bond acceptors (Lipinski definition) is 11. The maximum absolute atomic E-state index is 13.2. The maximum atomic E-state index is 13.2. The third-order valence-electron chi connectivity index (χ3n) is 5.20. The van der Waals surface area contributed by atoms with Gasteiger partial charge in [0.1, 0.15) is 40.8 Å². The van der Waals surface area contributed by atoms with Crippen molar-refractivity contribution >= 4 is 11.0 Å². The van der Waals surface area contributed by atoms with E-state index < -0.39 is 59.1 Å². The van der Waals surface area contributed by atoms with Crippen LogP contribution in [0.2, 0.25) is 0 Å². The van der Waals surface area contributed by atoms with Crippen LogP contribution in [0.5, 0.6) is 28.7 Å². The topological polar surface area (TPSA) is 222 Å². The maximum Gasteiger partial charge on any atom is 0.239 e. The fraction of sp³-hybridized carbons (Fsp3) is 0.286. The highest BCUT2D eigenvalue weighted by molar-refractivity contribution is 5.88. The summed E-state index contributed by atoms with van der Waals surface area (Å²) in [6.45, 7) is 1.42. The first-order valence-corrected chi connectivity index (χ1v) is 9.50. The van der Waals surface area contributed by atoms with Crippen molar-refractivity contribution in [2.45, 2.75) is 37.6 Å². The zero-order valence-electron chi connectivity index (χ0n) is 17.0. The Morgan fingerprint density at radius 3 is 2.24 bits per heavy atom. The minimum atomic E-state index is -1.74. The summed E-state index contributed by atoms with van der Waals surface area (Å²) in [6.07, 6.45) is -7.35. The summed E-state index contributed by atoms with van der Waals surface area (Å²) in [5.74, 6) is -2.80. The molecule has 2 aromatic carbocycles. The summed E-state index contributed by atoms with van der Waals surface area (Å²) < 4.78 is 16.6. The Kier molecular flexibility index (Phi) is 6.40. The Balaban J connectivity index is 0.00000306. The van der Waals surface area contributed by atoms with E-state index in [0.29, 0.717) is 0 Å². The largest absolute Gasteiger partial charge is 0.508 e. The molecule has 12 nitrogen and oxygen atoms in total. The van der Waals surface area contributed by atoms with E-state index in [1.54, 1.807) is 0 Å². The number of hydrogen-bond donors (Lipinski definition) is 7. The summed E-state index contributed by atoms with van der Waals surface area (Å²) in [5, 5.41) is 69.2. The van der Waals surface area contributed by atoms with Gasteiger partial charge >= 0.3 is 0 Å². The van der Waals surface area contributed by atoms with E-state index in [4.69, 9.17) is 13.9 Å². The van der Waals surface area contributed by atoms with Crippen LogP contribution in [0.4, 0.5) is 0 Å². The molecule has 3 aromatic rings. The molecule has 2 heterocycles. The molecule has 9 N–H and O–H groups in total. The predicted molar refractivity (Wildman–Crippen MR) is 111 cm³/mol. The van der Waals surface area contributed by atoms with Crippen LogP contribution in [0.3, 0.4) is 0 Å². The number of rotatable bonds is 3. The van der Waals surface area contributed by atoms with E-state index >= 15 is 0 Å². The van der Waals surface area contributed by atoms with Crippen LogP contribution < -0.4 is 10.2 Å². The fourth-order valence-corrected chi connectivity index (χ4v) is 3.46. The van der Waals surface area contributed by atoms with Gasteiger partial charge in [-0.25, -0.2) is 0 Å². The van der Waals surface area contributed by atoms with Gasteiger partial charge in [0, 0.05) is 17.7 Å². The molecule has 0 amide bonds. The molecule has 0 bridgehead atoms. The molecule has 0 saturated carbocycles. The molecule has 12 heteroatoms. The normalized spacial score (nSPS) is 24.9. The van der Waals surface area contributed by atoms with Gasteiger partial charge in [-0.1, -0.05) is 0 Å². The number of phenolic OH excluding ortho intramolecular Hbond substituents is 4. The zero-order valence-corrected chi connectivity index (χ0v) is 17.0. The van der Waals surface area contributed by atoms with Crippen molar-refractivity contribution < 1.29 is 55.1 Å². The van der Waals surface area contributed by atoms with Crippen LogP contribution in [0.25, 0.3) is 22.3 Å². The van der Waals surface area contributed by atoms with Crippen molar-refractivity contribution in [3.05, 3.63) is 40.6 Å². The summed E-state index contributed by atoms with van der Waals surface area (Å²) in [6, 6.07) is 5.51. The standard InChI is InChI=1S/C21H20O11.H2O/c1-7-15(26)17(28)18(29)21(30-7)32-20-16(27)14-12(25)5-9(22)6-13(14)31-19(20)8-2-3-10(23)11(24)4-8;/h2-7,15,17-18,21-26,28-29H,1H3;1H2/t7?,15-,17-,18?,21-;/m0./s1. The van der Waals surface area contributed by atoms with Gasteiger partial charge in [-0.2, -0.15) is 0 Å². The smallest absolute Gasteiger partial charge is 0.239 e. The molecule has 1 aliphatic rings. The van der Waals surface area contributed by atoms with Crippen molar-refractivity contribution in [3.63, 3.8) is 0 Å². The quantitative estimate of drug-likeness (QED) is 0.247. The molecule has 1 aliphatic heterocycles. The third-order valence-corrected chi connectivity index (χ3v) is 5.20. The third kappa shape index (κ3) is 4.13. The Bertz CT molecular complexity index is 1240. The van der Waals surface area contributed by atoms with E-state index in [-0.39, 0.29) is 33.5 Å². The Morgan fingerprint density at radius 2 is 1.58 bits per heavy atom. The lowest BCUT2D eigenvalue weighted by Crippen LogP contribution is -2.58. The van der Waals surface area contributed by atoms with E-state index in [0.717, 1.165) is 24.3 Å². The SMILES string of the molecule is CC1O[C@@H](Oc2c(-c3ccc(O)c(O)c3)oc3cc(O)cc(O)c3c2=O)C(O)[C@@H](O)[C@H]1O.O. The van der Waals surface area contributed by atoms with Gasteiger partial charge in [-0.05, 0) is 25.1 Å². The second kappa shape index (κ2) is 8.77. The first kappa shape index (κ1) is 24.1. The van der Waals surface area contributed by atoms with Crippen LogP contribution >= 0.6 is 0 Å². The average Bonchev–Trinajstić information content (AvgIpc) is 2.73. The molecule has 1 aromatic heterocycles. The highest BCUT2D eigenvalue weighted by atomic mass is 16.7. The van der Waals surface area contributed by atoms with Crippen molar-refractivity contribution in [2.24, 2.45) is 0 Å². The minimum Gasteiger partial charge on any atom is -0.508 e. The summed E-state index contributed by atoms with van der Waals surface area (Å²) in [5.41, 5.74) is -1.05. The lowest BCUT2D eigenvalue weighted by atomic mass is 10.00. The molecule has 33 heavy (non-hydrogen) atoms. The van der Waals surface area contributed by atoms with Crippen LogP contribution in [0, 0.1) is 0 Å². The lowest BCUT2D eigenvalue weighted by molar-refractivity contribution is -0.268. The van der Waals surface area contributed by atoms with Crippen molar-refractivity contribution in [1.82, 2.24) is 0 Å². The van der Waals surface area contributed by atoms with E-state index in [2.05, 4.69) is 0 Å². The molecule has 0 radical (unpaired) electrons. The van der Waals surface area contributed by atoms with Gasteiger partial charge in [-0.15, -0.1) is 0 Å². The Hall–Kier alpha value is -3.55. The van der Waals surface area contributed by atoms with Crippen molar-refractivity contribution in [2.75, 3.05) is 0 Å². The summed E-state index contributed by atoms with van der Waals surface area (Å²) >= 11 is 0. The number of fused-ring (bicyclic) bond motifs is 1. The number of aliphatic hydroxyl groups is 3. The molecule has 0 spiro atoms. The molecule has 4 rings (SSSR count). The zero-order chi connectivity index (χ0) is 23.3. The summed E-state index contributed by atoms with van der Waals surface area (Å²) in [7, 11) is 0. The lowest BCUT2D eigenvalue weighted by Gasteiger charge is -2.38. The monoisotopic (exact) mass is 466 g/mol. The van der Waals surface area contributed by atoms with Gasteiger partial charge in [0.2, 0.25) is 17.5 Å². The fourth-order valence-electron chi connectivity index (χ4n) is 3.46. The molecule has 2 unspecified atom stereocenters. The average molecular weight is 466 g/mol. The van der Waals surface area contributed by atoms with Crippen LogP contribution in [-0.2, 0) is 4.74 Å². The van der Waals surface area contributed by atoms with E-state index in [1.165, 1.54) is 13.0 Å². The second-order valence-corrected chi connectivity index (χ2v) is 7.43. The van der Waals surface area contributed by atoms with Crippen molar-refractivity contribution in [3.8, 4) is 40.1 Å². The number of aliphatic hydroxyl groups excluding tert-OH is 3. The molecular formula is C21H22O12. The highest BCUT2D eigenvalue weighted by Gasteiger charge is 2.44. The molecule has 0 aliphatic carbocycles. The van der Waals surface area contributed by atoms with Gasteiger partial charge in [0.25, 0.3) is 0 Å². The minimum absolute atomic E-state index is 0. The second-order valence-electron chi connectivity index (χ2n) is 7.43.